The molecule has 0 aliphatic carbocycles. The molecule has 0 aromatic heterocycles. The molecular weight excluding hydrogens is 204 g/mol. The van der Waals surface area contributed by atoms with Gasteiger partial charge in [0.15, 0.2) is 0 Å². The third kappa shape index (κ3) is 1.61. The molecule has 1 aliphatic rings. The van der Waals surface area contributed by atoms with E-state index in [-0.39, 0.29) is 5.91 Å². The van der Waals surface area contributed by atoms with Crippen LogP contribution in [0.15, 0.2) is 23.3 Å². The maximum atomic E-state index is 11.7. The van der Waals surface area contributed by atoms with E-state index in [1.807, 2.05) is 19.9 Å². The van der Waals surface area contributed by atoms with Crippen LogP contribution in [0.1, 0.15) is 19.4 Å². The highest BCUT2D eigenvalue weighted by atomic mass is 16.2. The lowest BCUT2D eigenvalue weighted by Gasteiger charge is -2.31. The normalized spacial score (nSPS) is 17.0. The van der Waals surface area contributed by atoms with E-state index in [0.717, 1.165) is 11.3 Å². The number of fused-ring (bicyclic) bond motifs is 1. The number of benzene rings is 1. The van der Waals surface area contributed by atoms with Gasteiger partial charge in [-0.3, -0.25) is 4.79 Å². The lowest BCUT2D eigenvalue weighted by atomic mass is 9.81. The van der Waals surface area contributed by atoms with Gasteiger partial charge in [-0.2, -0.15) is 0 Å². The third-order valence-corrected chi connectivity index (χ3v) is 2.79. The highest BCUT2D eigenvalue weighted by molar-refractivity contribution is 5.98. The van der Waals surface area contributed by atoms with Crippen LogP contribution in [0.3, 0.4) is 0 Å². The minimum Gasteiger partial charge on any atom is -0.325 e. The Balaban J connectivity index is 2.56. The number of azide groups is 1. The van der Waals surface area contributed by atoms with E-state index in [1.54, 1.807) is 12.1 Å². The molecule has 0 bridgehead atoms. The first-order chi connectivity index (χ1) is 7.54. The maximum Gasteiger partial charge on any atom is 0.230 e. The number of carbonyl (C=O) groups excluding carboxylic acids is 1. The first kappa shape index (κ1) is 10.5. The molecule has 16 heavy (non-hydrogen) atoms. The average Bonchev–Trinajstić information content (AvgIpc) is 2.21. The summed E-state index contributed by atoms with van der Waals surface area (Å²) in [4.78, 5) is 14.5. The van der Waals surface area contributed by atoms with E-state index in [1.165, 1.54) is 0 Å². The van der Waals surface area contributed by atoms with Gasteiger partial charge in [0.2, 0.25) is 5.91 Å². The minimum atomic E-state index is -0.464. The summed E-state index contributed by atoms with van der Waals surface area (Å²) in [6, 6.07) is 5.34. The van der Waals surface area contributed by atoms with Crippen LogP contribution in [0, 0.1) is 5.41 Å². The zero-order chi connectivity index (χ0) is 11.8. The van der Waals surface area contributed by atoms with Crippen molar-refractivity contribution in [3.63, 3.8) is 0 Å². The summed E-state index contributed by atoms with van der Waals surface area (Å²) in [6.07, 6.45) is 0.587. The summed E-state index contributed by atoms with van der Waals surface area (Å²) in [6.45, 7) is 3.75. The molecule has 1 aromatic rings. The summed E-state index contributed by atoms with van der Waals surface area (Å²) >= 11 is 0. The summed E-state index contributed by atoms with van der Waals surface area (Å²) in [5.41, 5.74) is 10.3. The number of hydrogen-bond donors (Lipinski definition) is 1. The quantitative estimate of drug-likeness (QED) is 0.437. The molecule has 2 rings (SSSR count). The fourth-order valence-corrected chi connectivity index (χ4v) is 1.83. The molecule has 0 saturated carbocycles. The Hall–Kier alpha value is -2.00. The second kappa shape index (κ2) is 3.54. The van der Waals surface area contributed by atoms with E-state index < -0.39 is 5.41 Å². The molecule has 0 radical (unpaired) electrons. The predicted molar refractivity (Wildman–Crippen MR) is 61.4 cm³/mol. The summed E-state index contributed by atoms with van der Waals surface area (Å²) in [5.74, 6) is -0.00177. The van der Waals surface area contributed by atoms with Gasteiger partial charge in [0, 0.05) is 21.7 Å². The molecule has 1 heterocycles. The standard InChI is InChI=1S/C11H12N4O/c1-11(2)6-7-8(13-10(11)16)4-3-5-9(7)14-15-12/h3-5H,6H2,1-2H3,(H,13,16). The van der Waals surface area contributed by atoms with Crippen molar-refractivity contribution in [2.24, 2.45) is 10.5 Å². The van der Waals surface area contributed by atoms with Crippen LogP contribution in [-0.4, -0.2) is 5.91 Å². The van der Waals surface area contributed by atoms with Crippen LogP contribution in [0.4, 0.5) is 11.4 Å². The summed E-state index contributed by atoms with van der Waals surface area (Å²) in [5, 5.41) is 6.47. The number of nitrogens with zero attached hydrogens (tertiary/aromatic N) is 3. The largest absolute Gasteiger partial charge is 0.325 e. The Bertz CT molecular complexity index is 501. The number of rotatable bonds is 1. The third-order valence-electron chi connectivity index (χ3n) is 2.79. The molecule has 0 fully saturated rings. The van der Waals surface area contributed by atoms with Crippen LogP contribution in [-0.2, 0) is 11.2 Å². The van der Waals surface area contributed by atoms with E-state index in [4.69, 9.17) is 5.53 Å². The fraction of sp³-hybridized carbons (Fsp3) is 0.364. The van der Waals surface area contributed by atoms with Gasteiger partial charge in [0.1, 0.15) is 0 Å². The molecule has 5 heteroatoms. The molecule has 1 amide bonds. The average molecular weight is 216 g/mol. The SMILES string of the molecule is CC1(C)Cc2c(N=[N+]=[N-])cccc2NC1=O. The number of anilines is 1. The van der Waals surface area contributed by atoms with Gasteiger partial charge in [-0.1, -0.05) is 31.1 Å². The number of nitrogens with one attached hydrogen (secondary N) is 1. The first-order valence-corrected chi connectivity index (χ1v) is 5.03. The van der Waals surface area contributed by atoms with Crippen molar-refractivity contribution in [3.8, 4) is 0 Å². The Kier molecular flexibility index (Phi) is 2.33. The van der Waals surface area contributed by atoms with Crippen LogP contribution < -0.4 is 5.32 Å². The molecule has 82 valence electrons. The highest BCUT2D eigenvalue weighted by Crippen LogP contribution is 2.38. The molecule has 5 nitrogen and oxygen atoms in total. The van der Waals surface area contributed by atoms with Gasteiger partial charge >= 0.3 is 0 Å². The van der Waals surface area contributed by atoms with Crippen LogP contribution in [0.2, 0.25) is 0 Å². The van der Waals surface area contributed by atoms with Crippen molar-refractivity contribution in [1.82, 2.24) is 0 Å². The minimum absolute atomic E-state index is 0.00177. The molecule has 1 N–H and O–H groups in total. The zero-order valence-electron chi connectivity index (χ0n) is 9.19. The van der Waals surface area contributed by atoms with Gasteiger partial charge in [0.05, 0.1) is 0 Å². The lowest BCUT2D eigenvalue weighted by Crippen LogP contribution is -2.37. The zero-order valence-corrected chi connectivity index (χ0v) is 9.19. The van der Waals surface area contributed by atoms with Gasteiger partial charge in [-0.15, -0.1) is 0 Å². The Morgan fingerprint density at radius 1 is 1.50 bits per heavy atom. The molecule has 1 aliphatic heterocycles. The molecular formula is C11H12N4O. The monoisotopic (exact) mass is 216 g/mol. The van der Waals surface area contributed by atoms with Crippen molar-refractivity contribution < 1.29 is 4.79 Å². The fourth-order valence-electron chi connectivity index (χ4n) is 1.83. The van der Waals surface area contributed by atoms with Crippen molar-refractivity contribution in [2.45, 2.75) is 20.3 Å². The molecule has 0 unspecified atom stereocenters. The number of hydrogen-bond acceptors (Lipinski definition) is 2. The van der Waals surface area contributed by atoms with Crippen molar-refractivity contribution >= 4 is 17.3 Å². The van der Waals surface area contributed by atoms with E-state index in [9.17, 15) is 4.79 Å². The number of carbonyl (C=O) groups is 1. The smallest absolute Gasteiger partial charge is 0.230 e. The maximum absolute atomic E-state index is 11.7. The topological polar surface area (TPSA) is 77.9 Å². The lowest BCUT2D eigenvalue weighted by molar-refractivity contribution is -0.124. The second-order valence-electron chi connectivity index (χ2n) is 4.51. The van der Waals surface area contributed by atoms with Crippen LogP contribution in [0.25, 0.3) is 10.4 Å². The predicted octanol–water partition coefficient (Wildman–Crippen LogP) is 3.15. The molecule has 0 saturated heterocycles. The van der Waals surface area contributed by atoms with E-state index in [2.05, 4.69) is 15.3 Å². The van der Waals surface area contributed by atoms with Crippen molar-refractivity contribution in [1.29, 1.82) is 0 Å². The summed E-state index contributed by atoms with van der Waals surface area (Å²) < 4.78 is 0. The first-order valence-electron chi connectivity index (χ1n) is 5.03. The van der Waals surface area contributed by atoms with E-state index in [0.29, 0.717) is 12.1 Å². The van der Waals surface area contributed by atoms with Crippen LogP contribution >= 0.6 is 0 Å². The van der Waals surface area contributed by atoms with Gasteiger partial charge < -0.3 is 5.32 Å². The second-order valence-corrected chi connectivity index (χ2v) is 4.51. The van der Waals surface area contributed by atoms with Crippen molar-refractivity contribution in [2.75, 3.05) is 5.32 Å². The molecule has 1 aromatic carbocycles. The number of amides is 1. The van der Waals surface area contributed by atoms with Gasteiger partial charge in [-0.05, 0) is 23.6 Å². The molecule has 0 spiro atoms. The van der Waals surface area contributed by atoms with Crippen molar-refractivity contribution in [3.05, 3.63) is 34.2 Å². The van der Waals surface area contributed by atoms with Crippen LogP contribution in [0.5, 0.6) is 0 Å². The summed E-state index contributed by atoms with van der Waals surface area (Å²) in [7, 11) is 0. The molecule has 0 atom stereocenters. The Morgan fingerprint density at radius 2 is 2.25 bits per heavy atom. The highest BCUT2D eigenvalue weighted by Gasteiger charge is 2.34. The Labute approximate surface area is 93.1 Å². The van der Waals surface area contributed by atoms with Gasteiger partial charge in [-0.25, -0.2) is 0 Å². The Morgan fingerprint density at radius 3 is 2.94 bits per heavy atom. The van der Waals surface area contributed by atoms with E-state index >= 15 is 0 Å². The van der Waals surface area contributed by atoms with Gasteiger partial charge in [0.25, 0.3) is 0 Å².